The number of β-amino-alcohol motifs (C(OH)–C–C–N with tert-alkyl or cyclic N) is 1. The van der Waals surface area contributed by atoms with Gasteiger partial charge in [-0.1, -0.05) is 91.0 Å². The van der Waals surface area contributed by atoms with Crippen molar-refractivity contribution in [3.63, 3.8) is 0 Å². The summed E-state index contributed by atoms with van der Waals surface area (Å²) >= 11 is 0. The summed E-state index contributed by atoms with van der Waals surface area (Å²) in [6.07, 6.45) is 1.32. The lowest BCUT2D eigenvalue weighted by atomic mass is 9.99. The molecular weight excluding hydrogens is 552 g/mol. The van der Waals surface area contributed by atoms with Crippen LogP contribution >= 0.6 is 0 Å². The minimum Gasteiger partial charge on any atom is -0.391 e. The zero-order valence-corrected chi connectivity index (χ0v) is 24.9. The zero-order valence-electron chi connectivity index (χ0n) is 24.9. The number of likely N-dealkylation sites (tertiary alicyclic amines) is 1. The van der Waals surface area contributed by atoms with Crippen LogP contribution in [0.1, 0.15) is 27.9 Å². The molecule has 0 aliphatic carbocycles. The van der Waals surface area contributed by atoms with Gasteiger partial charge in [0.25, 0.3) is 5.91 Å². The second-order valence-electron chi connectivity index (χ2n) is 11.6. The van der Waals surface area contributed by atoms with Gasteiger partial charge in [-0.2, -0.15) is 0 Å². The van der Waals surface area contributed by atoms with Crippen LogP contribution in [0.25, 0.3) is 21.7 Å². The number of para-hydroxylation sites is 1. The number of fused-ring (bicyclic) bond motifs is 2. The van der Waals surface area contributed by atoms with E-state index in [9.17, 15) is 19.5 Å². The molecule has 5 aromatic rings. The normalized spacial score (nSPS) is 17.1. The van der Waals surface area contributed by atoms with Crippen LogP contribution in [0.2, 0.25) is 0 Å². The first kappa shape index (κ1) is 29.1. The molecule has 3 atom stereocenters. The first-order valence-electron chi connectivity index (χ1n) is 14.9. The zero-order chi connectivity index (χ0) is 30.8. The third kappa shape index (κ3) is 5.81. The van der Waals surface area contributed by atoms with Gasteiger partial charge in [-0.3, -0.25) is 14.4 Å². The third-order valence-electron chi connectivity index (χ3n) is 8.62. The van der Waals surface area contributed by atoms with Gasteiger partial charge in [0.1, 0.15) is 12.1 Å². The van der Waals surface area contributed by atoms with Crippen molar-refractivity contribution >= 4 is 39.4 Å². The highest BCUT2D eigenvalue weighted by Crippen LogP contribution is 2.28. The summed E-state index contributed by atoms with van der Waals surface area (Å²) in [6, 6.07) is 29.5. The fourth-order valence-corrected chi connectivity index (χ4v) is 6.23. The highest BCUT2D eigenvalue weighted by Gasteiger charge is 2.43. The molecular formula is C36H36N4O4. The fourth-order valence-electron chi connectivity index (χ4n) is 6.23. The number of carbonyl (C=O) groups is 3. The van der Waals surface area contributed by atoms with Crippen molar-refractivity contribution in [2.24, 2.45) is 7.05 Å². The number of amides is 3. The van der Waals surface area contributed by atoms with Crippen molar-refractivity contribution in [3.8, 4) is 0 Å². The van der Waals surface area contributed by atoms with Crippen LogP contribution in [0.4, 0.5) is 0 Å². The number of carbonyl (C=O) groups excluding carboxylic acids is 3. The number of hydrogen-bond acceptors (Lipinski definition) is 4. The standard InChI is InChI=1S/C36H36N4O4/c1-38-23-30(29-14-8-9-15-31(29)38)35(43)40-22-28(41)20-33(40)36(44)39(2)32(34(42)37-21-24-10-4-3-5-11-24)19-25-16-17-26-12-6-7-13-27(26)18-25/h3-18,23,28,32-33,41H,19-22H2,1-2H3,(H,37,42)/t28?,32-,33-/m0/s1. The van der Waals surface area contributed by atoms with Gasteiger partial charge in [0, 0.05) is 57.1 Å². The molecule has 0 bridgehead atoms. The van der Waals surface area contributed by atoms with E-state index in [-0.39, 0.29) is 30.7 Å². The molecule has 0 radical (unpaired) electrons. The summed E-state index contributed by atoms with van der Waals surface area (Å²) in [5.41, 5.74) is 3.25. The lowest BCUT2D eigenvalue weighted by Crippen LogP contribution is -2.54. The van der Waals surface area contributed by atoms with E-state index in [0.29, 0.717) is 18.5 Å². The van der Waals surface area contributed by atoms with Crippen molar-refractivity contribution in [1.82, 2.24) is 19.7 Å². The van der Waals surface area contributed by atoms with Gasteiger partial charge in [0.15, 0.2) is 0 Å². The monoisotopic (exact) mass is 588 g/mol. The highest BCUT2D eigenvalue weighted by molar-refractivity contribution is 6.08. The van der Waals surface area contributed by atoms with Crippen LogP contribution in [0.15, 0.2) is 103 Å². The Kier molecular flexibility index (Phi) is 8.17. The largest absolute Gasteiger partial charge is 0.391 e. The molecule has 1 aliphatic rings. The topological polar surface area (TPSA) is 94.9 Å². The first-order chi connectivity index (χ1) is 21.3. The van der Waals surface area contributed by atoms with Gasteiger partial charge in [0.2, 0.25) is 11.8 Å². The van der Waals surface area contributed by atoms with E-state index < -0.39 is 18.2 Å². The van der Waals surface area contributed by atoms with Crippen LogP contribution < -0.4 is 5.32 Å². The maximum atomic E-state index is 14.2. The Hall–Kier alpha value is -4.95. The van der Waals surface area contributed by atoms with Gasteiger partial charge >= 0.3 is 0 Å². The maximum Gasteiger partial charge on any atom is 0.256 e. The lowest BCUT2D eigenvalue weighted by Gasteiger charge is -2.32. The number of nitrogens with zero attached hydrogens (tertiary/aromatic N) is 3. The Morgan fingerprint density at radius 2 is 1.61 bits per heavy atom. The minimum atomic E-state index is -0.900. The molecule has 4 aromatic carbocycles. The van der Waals surface area contributed by atoms with Crippen LogP contribution in [-0.2, 0) is 29.6 Å². The smallest absolute Gasteiger partial charge is 0.256 e. The van der Waals surface area contributed by atoms with Crippen LogP contribution in [0.5, 0.6) is 0 Å². The van der Waals surface area contributed by atoms with Crippen LogP contribution in [0, 0.1) is 0 Å². The molecule has 6 rings (SSSR count). The Bertz CT molecular complexity index is 1830. The number of aliphatic hydroxyl groups is 1. The molecule has 44 heavy (non-hydrogen) atoms. The van der Waals surface area contributed by atoms with E-state index in [4.69, 9.17) is 0 Å². The molecule has 1 unspecified atom stereocenters. The molecule has 1 fully saturated rings. The Labute approximate surface area is 256 Å². The molecule has 1 saturated heterocycles. The Balaban J connectivity index is 1.28. The molecule has 3 amide bonds. The highest BCUT2D eigenvalue weighted by atomic mass is 16.3. The predicted molar refractivity (Wildman–Crippen MR) is 171 cm³/mol. The summed E-state index contributed by atoms with van der Waals surface area (Å²) in [6.45, 7) is 0.367. The minimum absolute atomic E-state index is 0.0435. The van der Waals surface area contributed by atoms with E-state index >= 15 is 0 Å². The van der Waals surface area contributed by atoms with Crippen molar-refractivity contribution in [3.05, 3.63) is 120 Å². The number of nitrogens with one attached hydrogen (secondary N) is 1. The van der Waals surface area contributed by atoms with Gasteiger partial charge < -0.3 is 24.8 Å². The van der Waals surface area contributed by atoms with Crippen LogP contribution in [-0.4, -0.2) is 69.0 Å². The number of rotatable bonds is 8. The number of hydrogen-bond donors (Lipinski definition) is 2. The Morgan fingerprint density at radius 1 is 0.909 bits per heavy atom. The number of aromatic nitrogens is 1. The number of aryl methyl sites for hydroxylation is 1. The average Bonchev–Trinajstić information content (AvgIpc) is 3.61. The summed E-state index contributed by atoms with van der Waals surface area (Å²) in [7, 11) is 3.49. The summed E-state index contributed by atoms with van der Waals surface area (Å²) in [5.74, 6) is -0.983. The van der Waals surface area contributed by atoms with E-state index in [1.165, 1.54) is 9.80 Å². The number of benzene rings is 4. The van der Waals surface area contributed by atoms with Crippen LogP contribution in [0.3, 0.4) is 0 Å². The number of likely N-dealkylation sites (N-methyl/N-ethyl adjacent to an activating group) is 1. The van der Waals surface area contributed by atoms with Crippen molar-refractivity contribution in [1.29, 1.82) is 0 Å². The molecule has 1 aromatic heterocycles. The molecule has 224 valence electrons. The Morgan fingerprint density at radius 3 is 2.41 bits per heavy atom. The quantitative estimate of drug-likeness (QED) is 0.283. The average molecular weight is 589 g/mol. The van der Waals surface area contributed by atoms with Gasteiger partial charge in [-0.25, -0.2) is 0 Å². The molecule has 8 nitrogen and oxygen atoms in total. The SMILES string of the molecule is CN(C(=O)[C@@H]1CC(O)CN1C(=O)c1cn(C)c2ccccc12)[C@@H](Cc1ccc2ccccc2c1)C(=O)NCc1ccccc1. The van der Waals surface area contributed by atoms with Crippen molar-refractivity contribution < 1.29 is 19.5 Å². The third-order valence-corrected chi connectivity index (χ3v) is 8.62. The van der Waals surface area contributed by atoms with Crippen molar-refractivity contribution in [2.75, 3.05) is 13.6 Å². The predicted octanol–water partition coefficient (Wildman–Crippen LogP) is 4.29. The molecule has 2 N–H and O–H groups in total. The van der Waals surface area contributed by atoms with E-state index in [2.05, 4.69) is 5.32 Å². The summed E-state index contributed by atoms with van der Waals surface area (Å²) < 4.78 is 1.88. The second-order valence-corrected chi connectivity index (χ2v) is 11.6. The second kappa shape index (κ2) is 12.3. The van der Waals surface area contributed by atoms with E-state index in [1.807, 2.05) is 109 Å². The van der Waals surface area contributed by atoms with Gasteiger partial charge in [-0.05, 0) is 28.0 Å². The summed E-state index contributed by atoms with van der Waals surface area (Å²) in [5, 5.41) is 16.6. The molecule has 0 saturated carbocycles. The first-order valence-corrected chi connectivity index (χ1v) is 14.9. The maximum absolute atomic E-state index is 14.2. The molecule has 0 spiro atoms. The molecule has 1 aliphatic heterocycles. The molecule has 8 heteroatoms. The fraction of sp³-hybridized carbons (Fsp3) is 0.250. The summed E-state index contributed by atoms with van der Waals surface area (Å²) in [4.78, 5) is 44.7. The van der Waals surface area contributed by atoms with Gasteiger partial charge in [0.05, 0.1) is 11.7 Å². The van der Waals surface area contributed by atoms with Crippen molar-refractivity contribution in [2.45, 2.75) is 37.6 Å². The number of aliphatic hydroxyl groups excluding tert-OH is 1. The molecule has 2 heterocycles. The van der Waals surface area contributed by atoms with E-state index in [1.54, 1.807) is 13.2 Å². The van der Waals surface area contributed by atoms with E-state index in [0.717, 1.165) is 32.8 Å². The van der Waals surface area contributed by atoms with Gasteiger partial charge in [-0.15, -0.1) is 0 Å². The lowest BCUT2D eigenvalue weighted by molar-refractivity contribution is -0.141.